The summed E-state index contributed by atoms with van der Waals surface area (Å²) in [6.07, 6.45) is 0.897. The van der Waals surface area contributed by atoms with Gasteiger partial charge in [0.25, 0.3) is 5.56 Å². The summed E-state index contributed by atoms with van der Waals surface area (Å²) in [7, 11) is 0. The normalized spacial score (nSPS) is 10.8. The number of benzene rings is 1. The molecule has 0 fully saturated rings. The highest BCUT2D eigenvalue weighted by Crippen LogP contribution is 2.36. The van der Waals surface area contributed by atoms with Crippen molar-refractivity contribution in [1.82, 2.24) is 4.98 Å². The van der Waals surface area contributed by atoms with Gasteiger partial charge in [-0.15, -0.1) is 0 Å². The van der Waals surface area contributed by atoms with Gasteiger partial charge in [-0.1, -0.05) is 24.8 Å². The average molecular weight is 352 g/mol. The van der Waals surface area contributed by atoms with Crippen molar-refractivity contribution in [3.63, 3.8) is 0 Å². The van der Waals surface area contributed by atoms with Crippen molar-refractivity contribution >= 4 is 27.7 Å². The van der Waals surface area contributed by atoms with E-state index in [1.54, 1.807) is 11.8 Å². The van der Waals surface area contributed by atoms with Gasteiger partial charge in [-0.05, 0) is 71.9 Å². The van der Waals surface area contributed by atoms with Gasteiger partial charge in [-0.2, -0.15) is 0 Å². The van der Waals surface area contributed by atoms with E-state index in [0.717, 1.165) is 17.0 Å². The molecule has 4 heteroatoms. The van der Waals surface area contributed by atoms with E-state index in [1.807, 2.05) is 6.92 Å². The summed E-state index contributed by atoms with van der Waals surface area (Å²) in [5.74, 6) is 0. The van der Waals surface area contributed by atoms with E-state index >= 15 is 0 Å². The van der Waals surface area contributed by atoms with Crippen LogP contribution in [0.15, 0.2) is 37.3 Å². The standard InChI is InChI=1S/C16H18BrNOS/c1-5-13-11(4)18-16(19)14(17)15(13)20-12-7-9(2)6-10(3)8-12/h6-8H,5H2,1-4H3,(H,18,19). The van der Waals surface area contributed by atoms with Gasteiger partial charge in [0.1, 0.15) is 0 Å². The first-order valence-corrected chi connectivity index (χ1v) is 8.20. The number of nitrogens with one attached hydrogen (secondary N) is 1. The van der Waals surface area contributed by atoms with E-state index in [2.05, 4.69) is 59.9 Å². The molecule has 2 rings (SSSR count). The SMILES string of the molecule is CCc1c(C)[nH]c(=O)c(Br)c1Sc1cc(C)cc(C)c1. The summed E-state index contributed by atoms with van der Waals surface area (Å²) in [5.41, 5.74) is 4.56. The lowest BCUT2D eigenvalue weighted by Gasteiger charge is -2.13. The van der Waals surface area contributed by atoms with Crippen LogP contribution >= 0.6 is 27.7 Å². The van der Waals surface area contributed by atoms with E-state index in [1.165, 1.54) is 21.6 Å². The molecule has 1 heterocycles. The molecule has 106 valence electrons. The van der Waals surface area contributed by atoms with Crippen LogP contribution in [-0.2, 0) is 6.42 Å². The summed E-state index contributed by atoms with van der Waals surface area (Å²) in [4.78, 5) is 17.0. The van der Waals surface area contributed by atoms with E-state index < -0.39 is 0 Å². The van der Waals surface area contributed by atoms with Crippen LogP contribution in [-0.4, -0.2) is 4.98 Å². The highest BCUT2D eigenvalue weighted by Gasteiger charge is 2.14. The molecule has 0 saturated carbocycles. The lowest BCUT2D eigenvalue weighted by atomic mass is 10.1. The molecule has 2 nitrogen and oxygen atoms in total. The fourth-order valence-corrected chi connectivity index (χ4v) is 4.26. The quantitative estimate of drug-likeness (QED) is 0.863. The number of aromatic amines is 1. The minimum Gasteiger partial charge on any atom is -0.325 e. The lowest BCUT2D eigenvalue weighted by molar-refractivity contribution is 0.962. The molecule has 0 aliphatic carbocycles. The summed E-state index contributed by atoms with van der Waals surface area (Å²) in [6.45, 7) is 8.25. The van der Waals surface area contributed by atoms with E-state index in [0.29, 0.717) is 4.47 Å². The molecule has 1 aromatic heterocycles. The molecule has 0 unspecified atom stereocenters. The first-order chi connectivity index (χ1) is 9.42. The number of H-pyrrole nitrogens is 1. The Morgan fingerprint density at radius 2 is 1.75 bits per heavy atom. The zero-order chi connectivity index (χ0) is 14.9. The second kappa shape index (κ2) is 6.19. The molecular weight excluding hydrogens is 334 g/mol. The third-order valence-electron chi connectivity index (χ3n) is 3.20. The third-order valence-corrected chi connectivity index (χ3v) is 5.34. The number of rotatable bonds is 3. The molecule has 0 saturated heterocycles. The van der Waals surface area contributed by atoms with Crippen molar-refractivity contribution in [2.45, 2.75) is 43.9 Å². The number of halogens is 1. The first kappa shape index (κ1) is 15.4. The molecule has 0 aliphatic heterocycles. The Labute approximate surface area is 132 Å². The van der Waals surface area contributed by atoms with Crippen LogP contribution in [0, 0.1) is 20.8 Å². The Hall–Kier alpha value is -1.00. The van der Waals surface area contributed by atoms with Gasteiger partial charge in [-0.25, -0.2) is 0 Å². The zero-order valence-corrected chi connectivity index (χ0v) is 14.5. The van der Waals surface area contributed by atoms with Crippen molar-refractivity contribution < 1.29 is 0 Å². The maximum atomic E-state index is 11.9. The van der Waals surface area contributed by atoms with Crippen LogP contribution in [0.4, 0.5) is 0 Å². The topological polar surface area (TPSA) is 32.9 Å². The van der Waals surface area contributed by atoms with Crippen molar-refractivity contribution in [2.24, 2.45) is 0 Å². The van der Waals surface area contributed by atoms with Gasteiger partial charge < -0.3 is 4.98 Å². The minimum absolute atomic E-state index is 0.0634. The second-order valence-corrected chi connectivity index (χ2v) is 6.86. The van der Waals surface area contributed by atoms with E-state index in [-0.39, 0.29) is 5.56 Å². The van der Waals surface area contributed by atoms with Crippen molar-refractivity contribution in [2.75, 3.05) is 0 Å². The smallest absolute Gasteiger partial charge is 0.263 e. The summed E-state index contributed by atoms with van der Waals surface area (Å²) in [5, 5.41) is 0. The Morgan fingerprint density at radius 3 is 2.30 bits per heavy atom. The molecule has 0 amide bonds. The van der Waals surface area contributed by atoms with Crippen LogP contribution < -0.4 is 5.56 Å². The van der Waals surface area contributed by atoms with Gasteiger partial charge >= 0.3 is 0 Å². The maximum Gasteiger partial charge on any atom is 0.263 e. The molecule has 0 bridgehead atoms. The fourth-order valence-electron chi connectivity index (χ4n) is 2.35. The molecule has 20 heavy (non-hydrogen) atoms. The molecule has 0 atom stereocenters. The van der Waals surface area contributed by atoms with Crippen molar-refractivity contribution in [3.8, 4) is 0 Å². The molecule has 0 aliphatic rings. The van der Waals surface area contributed by atoms with Crippen LogP contribution in [0.3, 0.4) is 0 Å². The van der Waals surface area contributed by atoms with Gasteiger partial charge in [-0.3, -0.25) is 4.79 Å². The number of hydrogen-bond donors (Lipinski definition) is 1. The van der Waals surface area contributed by atoms with Crippen LogP contribution in [0.1, 0.15) is 29.3 Å². The second-order valence-electron chi connectivity index (χ2n) is 4.98. The minimum atomic E-state index is -0.0634. The van der Waals surface area contributed by atoms with Crippen molar-refractivity contribution in [1.29, 1.82) is 0 Å². The fraction of sp³-hybridized carbons (Fsp3) is 0.312. The Kier molecular flexibility index (Phi) is 4.76. The Bertz CT molecular complexity index is 686. The number of pyridine rings is 1. The molecule has 0 radical (unpaired) electrons. The largest absolute Gasteiger partial charge is 0.325 e. The van der Waals surface area contributed by atoms with E-state index in [9.17, 15) is 4.79 Å². The monoisotopic (exact) mass is 351 g/mol. The third kappa shape index (κ3) is 3.18. The highest BCUT2D eigenvalue weighted by atomic mass is 79.9. The summed E-state index contributed by atoms with van der Waals surface area (Å²) < 4.78 is 0.629. The maximum absolute atomic E-state index is 11.9. The molecule has 2 aromatic rings. The zero-order valence-electron chi connectivity index (χ0n) is 12.1. The summed E-state index contributed by atoms with van der Waals surface area (Å²) in [6, 6.07) is 6.46. The molecule has 1 N–H and O–H groups in total. The van der Waals surface area contributed by atoms with E-state index in [4.69, 9.17) is 0 Å². The van der Waals surface area contributed by atoms with Gasteiger partial charge in [0, 0.05) is 15.5 Å². The number of aryl methyl sites for hydroxylation is 3. The Morgan fingerprint density at radius 1 is 1.15 bits per heavy atom. The van der Waals surface area contributed by atoms with Gasteiger partial charge in [0.15, 0.2) is 0 Å². The molecule has 1 aromatic carbocycles. The van der Waals surface area contributed by atoms with Crippen LogP contribution in [0.25, 0.3) is 0 Å². The number of hydrogen-bond acceptors (Lipinski definition) is 2. The van der Waals surface area contributed by atoms with Crippen LogP contribution in [0.2, 0.25) is 0 Å². The summed E-state index contributed by atoms with van der Waals surface area (Å²) >= 11 is 5.09. The van der Waals surface area contributed by atoms with Gasteiger partial charge in [0.05, 0.1) is 4.47 Å². The molecular formula is C16H18BrNOS. The predicted molar refractivity (Wildman–Crippen MR) is 88.9 cm³/mol. The van der Waals surface area contributed by atoms with Crippen LogP contribution in [0.5, 0.6) is 0 Å². The predicted octanol–water partition coefficient (Wildman–Crippen LogP) is 4.78. The first-order valence-electron chi connectivity index (χ1n) is 6.59. The number of aromatic nitrogens is 1. The lowest BCUT2D eigenvalue weighted by Crippen LogP contribution is -2.12. The Balaban J connectivity index is 2.55. The van der Waals surface area contributed by atoms with Crippen molar-refractivity contribution in [3.05, 3.63) is 55.4 Å². The van der Waals surface area contributed by atoms with Gasteiger partial charge in [0.2, 0.25) is 0 Å². The highest BCUT2D eigenvalue weighted by molar-refractivity contribution is 9.10. The molecule has 0 spiro atoms. The average Bonchev–Trinajstić information content (AvgIpc) is 2.34.